The highest BCUT2D eigenvalue weighted by Crippen LogP contribution is 2.23. The van der Waals surface area contributed by atoms with E-state index in [0.717, 1.165) is 16.1 Å². The molecule has 4 aromatic carbocycles. The molecule has 11 nitrogen and oxygen atoms in total. The summed E-state index contributed by atoms with van der Waals surface area (Å²) in [5.41, 5.74) is 2.60. The second-order valence-corrected chi connectivity index (χ2v) is 13.9. The van der Waals surface area contributed by atoms with Crippen molar-refractivity contribution in [3.05, 3.63) is 137 Å². The maximum atomic E-state index is 13.9. The average Bonchev–Trinajstić information content (AvgIpc) is 3.56. The average molecular weight is 703 g/mol. The number of aromatic nitrogens is 3. The summed E-state index contributed by atoms with van der Waals surface area (Å²) in [6.45, 7) is 1.65. The summed E-state index contributed by atoms with van der Waals surface area (Å²) in [7, 11) is -2.48. The lowest BCUT2D eigenvalue weighted by atomic mass is 10.00. The Kier molecular flexibility index (Phi) is 11.0. The van der Waals surface area contributed by atoms with Crippen molar-refractivity contribution in [1.29, 1.82) is 0 Å². The van der Waals surface area contributed by atoms with E-state index in [1.165, 1.54) is 66.3 Å². The summed E-state index contributed by atoms with van der Waals surface area (Å²) in [6.07, 6.45) is 1.63. The molecule has 0 saturated heterocycles. The van der Waals surface area contributed by atoms with Gasteiger partial charge in [0, 0.05) is 23.7 Å². The molecule has 1 heterocycles. The summed E-state index contributed by atoms with van der Waals surface area (Å²) in [6, 6.07) is 23.2. The van der Waals surface area contributed by atoms with Gasteiger partial charge in [-0.1, -0.05) is 47.7 Å². The lowest BCUT2D eigenvalue weighted by Crippen LogP contribution is -2.46. The molecule has 50 heavy (non-hydrogen) atoms. The number of halogens is 2. The molecule has 0 fully saturated rings. The molecular formula is C36H36F2N6O5S. The van der Waals surface area contributed by atoms with Crippen molar-refractivity contribution < 1.29 is 31.9 Å². The Hall–Kier alpha value is -5.47. The van der Waals surface area contributed by atoms with Crippen LogP contribution in [0, 0.1) is 11.6 Å². The van der Waals surface area contributed by atoms with Crippen LogP contribution < -0.4 is 14.9 Å². The van der Waals surface area contributed by atoms with Gasteiger partial charge in [-0.3, -0.25) is 13.9 Å². The van der Waals surface area contributed by atoms with Crippen molar-refractivity contribution in [2.24, 2.45) is 0 Å². The zero-order valence-electron chi connectivity index (χ0n) is 27.5. The van der Waals surface area contributed by atoms with E-state index in [1.807, 2.05) is 30.3 Å². The Labute approximate surface area is 288 Å². The minimum atomic E-state index is -3.78. The van der Waals surface area contributed by atoms with Crippen LogP contribution in [0.25, 0.3) is 11.3 Å². The van der Waals surface area contributed by atoms with E-state index in [1.54, 1.807) is 25.3 Å². The highest BCUT2D eigenvalue weighted by Gasteiger charge is 2.26. The van der Waals surface area contributed by atoms with Crippen molar-refractivity contribution in [3.63, 3.8) is 0 Å². The number of carbonyl (C=O) groups excluding carboxylic acids is 2. The molecule has 260 valence electrons. The predicted octanol–water partition coefficient (Wildman–Crippen LogP) is 4.51. The molecule has 14 heteroatoms. The van der Waals surface area contributed by atoms with Crippen LogP contribution in [0.4, 0.5) is 14.5 Å². The lowest BCUT2D eigenvalue weighted by Gasteiger charge is -2.25. The van der Waals surface area contributed by atoms with Crippen molar-refractivity contribution in [2.45, 2.75) is 38.1 Å². The van der Waals surface area contributed by atoms with E-state index >= 15 is 0 Å². The third-order valence-corrected chi connectivity index (χ3v) is 9.36. The Balaban J connectivity index is 1.41. The number of hydrogen-bond acceptors (Lipinski definition) is 7. The van der Waals surface area contributed by atoms with Gasteiger partial charge in [0.1, 0.15) is 17.3 Å². The van der Waals surface area contributed by atoms with Gasteiger partial charge >= 0.3 is 0 Å². The van der Waals surface area contributed by atoms with Crippen LogP contribution in [0.5, 0.6) is 0 Å². The molecule has 0 aliphatic rings. The minimum Gasteiger partial charge on any atom is -0.389 e. The van der Waals surface area contributed by atoms with E-state index in [2.05, 4.69) is 20.9 Å². The lowest BCUT2D eigenvalue weighted by molar-refractivity contribution is 0.0779. The Morgan fingerprint density at radius 2 is 1.46 bits per heavy atom. The summed E-state index contributed by atoms with van der Waals surface area (Å²) in [4.78, 5) is 27.3. The first-order valence-electron chi connectivity index (χ1n) is 15.6. The van der Waals surface area contributed by atoms with Crippen LogP contribution in [0.3, 0.4) is 0 Å². The summed E-state index contributed by atoms with van der Waals surface area (Å²) < 4.78 is 54.2. The topological polar surface area (TPSA) is 147 Å². The number of hydrogen-bond donors (Lipinski definition) is 3. The molecule has 0 aliphatic heterocycles. The maximum Gasteiger partial charge on any atom is 0.251 e. The van der Waals surface area contributed by atoms with E-state index in [-0.39, 0.29) is 29.8 Å². The van der Waals surface area contributed by atoms with E-state index in [0.29, 0.717) is 16.8 Å². The van der Waals surface area contributed by atoms with Crippen LogP contribution in [-0.2, 0) is 23.0 Å². The number of anilines is 1. The standard InChI is InChI=1S/C36H36F2N6O5S/c1-23(25-9-13-29(37)14-10-25)39-35(46)27-18-28(20-31(19-27)43(2)50(3,48)49)36(47)40-32(17-24-7-5-4-6-8-24)34(45)22-44-21-33(41-42-44)26-11-15-30(38)16-12-26/h4-16,18-21,23,32,34,45H,17,22H2,1-3H3,(H,39,46)(H,40,47)/t23-,32+,34+/m1/s1. The number of carbonyl (C=O) groups is 2. The summed E-state index contributed by atoms with van der Waals surface area (Å²) in [5.74, 6) is -2.08. The third-order valence-electron chi connectivity index (χ3n) is 8.15. The van der Waals surface area contributed by atoms with Gasteiger partial charge in [0.25, 0.3) is 11.8 Å². The van der Waals surface area contributed by atoms with Crippen molar-refractivity contribution in [3.8, 4) is 11.3 Å². The fraction of sp³-hybridized carbons (Fsp3) is 0.222. The number of nitrogens with one attached hydrogen (secondary N) is 2. The molecule has 1 aromatic heterocycles. The summed E-state index contributed by atoms with van der Waals surface area (Å²) in [5, 5.41) is 25.3. The monoisotopic (exact) mass is 702 g/mol. The zero-order chi connectivity index (χ0) is 36.0. The third kappa shape index (κ3) is 9.15. The molecule has 5 rings (SSSR count). The normalized spacial score (nSPS) is 13.2. The quantitative estimate of drug-likeness (QED) is 0.164. The molecule has 5 aromatic rings. The Bertz CT molecular complexity index is 2060. The first-order valence-corrected chi connectivity index (χ1v) is 17.5. The Morgan fingerprint density at radius 3 is 2.06 bits per heavy atom. The number of amides is 2. The van der Waals surface area contributed by atoms with Crippen molar-refractivity contribution >= 4 is 27.5 Å². The van der Waals surface area contributed by atoms with Gasteiger partial charge < -0.3 is 15.7 Å². The molecule has 0 aliphatic carbocycles. The van der Waals surface area contributed by atoms with E-state index in [4.69, 9.17) is 0 Å². The molecular weight excluding hydrogens is 666 g/mol. The molecule has 2 amide bonds. The molecule has 0 bridgehead atoms. The van der Waals surface area contributed by atoms with Gasteiger partial charge in [-0.2, -0.15) is 0 Å². The smallest absolute Gasteiger partial charge is 0.251 e. The van der Waals surface area contributed by atoms with Gasteiger partial charge in [0.05, 0.1) is 42.9 Å². The second kappa shape index (κ2) is 15.4. The first kappa shape index (κ1) is 35.8. The molecule has 3 atom stereocenters. The SMILES string of the molecule is C[C@@H](NC(=O)c1cc(C(=O)N[C@@H](Cc2ccccc2)[C@@H](O)Cn2cc(-c3ccc(F)cc3)nn2)cc(N(C)S(C)(=O)=O)c1)c1ccc(F)cc1. The van der Waals surface area contributed by atoms with Crippen LogP contribution in [0.1, 0.15) is 44.8 Å². The minimum absolute atomic E-state index is 0.00760. The number of nitrogens with zero attached hydrogens (tertiary/aromatic N) is 4. The predicted molar refractivity (Wildman–Crippen MR) is 185 cm³/mol. The molecule has 0 unspecified atom stereocenters. The van der Waals surface area contributed by atoms with Gasteiger partial charge in [-0.25, -0.2) is 21.9 Å². The van der Waals surface area contributed by atoms with Gasteiger partial charge in [0.15, 0.2) is 0 Å². The second-order valence-electron chi connectivity index (χ2n) is 11.9. The van der Waals surface area contributed by atoms with Crippen LogP contribution in [-0.4, -0.2) is 65.8 Å². The van der Waals surface area contributed by atoms with Crippen LogP contribution in [0.15, 0.2) is 103 Å². The number of aliphatic hydroxyl groups excluding tert-OH is 1. The molecule has 0 spiro atoms. The number of aliphatic hydroxyl groups is 1. The molecule has 0 radical (unpaired) electrons. The highest BCUT2D eigenvalue weighted by molar-refractivity contribution is 7.92. The maximum absolute atomic E-state index is 13.9. The van der Waals surface area contributed by atoms with Gasteiger partial charge in [0.2, 0.25) is 10.0 Å². The number of benzene rings is 4. The summed E-state index contributed by atoms with van der Waals surface area (Å²) >= 11 is 0. The van der Waals surface area contributed by atoms with Crippen molar-refractivity contribution in [1.82, 2.24) is 25.6 Å². The first-order chi connectivity index (χ1) is 23.8. The molecule has 0 saturated carbocycles. The van der Waals surface area contributed by atoms with Crippen molar-refractivity contribution in [2.75, 3.05) is 17.6 Å². The highest BCUT2D eigenvalue weighted by atomic mass is 32.2. The number of sulfonamides is 1. The molecule has 3 N–H and O–H groups in total. The van der Waals surface area contributed by atoms with Gasteiger partial charge in [-0.15, -0.1) is 5.10 Å². The van der Waals surface area contributed by atoms with Gasteiger partial charge in [-0.05, 0) is 79.1 Å². The Morgan fingerprint density at radius 1 is 0.880 bits per heavy atom. The largest absolute Gasteiger partial charge is 0.389 e. The fourth-order valence-corrected chi connectivity index (χ4v) is 5.71. The van der Waals surface area contributed by atoms with E-state index in [9.17, 15) is 31.9 Å². The fourth-order valence-electron chi connectivity index (χ4n) is 5.22. The number of rotatable bonds is 13. The zero-order valence-corrected chi connectivity index (χ0v) is 28.3. The van der Waals surface area contributed by atoms with E-state index < -0.39 is 51.7 Å². The van der Waals surface area contributed by atoms with Crippen LogP contribution in [0.2, 0.25) is 0 Å². The van der Waals surface area contributed by atoms with Crippen LogP contribution >= 0.6 is 0 Å².